The smallest absolute Gasteiger partial charge is 0.160 e. The van der Waals surface area contributed by atoms with E-state index in [1.807, 2.05) is 30.3 Å². The second-order valence-corrected chi connectivity index (χ2v) is 16.0. The van der Waals surface area contributed by atoms with Gasteiger partial charge in [-0.1, -0.05) is 200 Å². The van der Waals surface area contributed by atoms with Crippen LogP contribution in [-0.4, -0.2) is 9.97 Å². The van der Waals surface area contributed by atoms with Crippen LogP contribution >= 0.6 is 0 Å². The van der Waals surface area contributed by atoms with Gasteiger partial charge in [-0.15, -0.1) is 0 Å². The van der Waals surface area contributed by atoms with Crippen molar-refractivity contribution in [3.63, 3.8) is 0 Å². The molecule has 1 aliphatic carbocycles. The second kappa shape index (κ2) is 14.5. The van der Waals surface area contributed by atoms with Crippen molar-refractivity contribution in [1.29, 1.82) is 0 Å². The largest absolute Gasteiger partial charge is 0.456 e. The third kappa shape index (κ3) is 5.74. The van der Waals surface area contributed by atoms with Crippen LogP contribution in [0, 0.1) is 0 Å². The molecule has 3 heteroatoms. The van der Waals surface area contributed by atoms with E-state index in [4.69, 9.17) is 14.4 Å². The van der Waals surface area contributed by atoms with Gasteiger partial charge in [0.15, 0.2) is 5.82 Å². The van der Waals surface area contributed by atoms with Crippen LogP contribution in [0.15, 0.2) is 235 Å². The standard InChI is InChI=1S/C59H38N2O/c1-4-16-41(17-5-1)58-60-54(40-30-28-39(29-31-40)42-33-35-57-51(36-42)49-25-13-15-27-56(49)62-57)38-55(61-58)48-24-11-10-22-46(48)43-32-34-53-50(37-43)47-23-12-14-26-52(47)59(53,44-18-6-2-7-19-44)45-20-8-3-9-21-45/h1-38H. The van der Waals surface area contributed by atoms with E-state index in [2.05, 4.69) is 200 Å². The predicted molar refractivity (Wildman–Crippen MR) is 254 cm³/mol. The van der Waals surface area contributed by atoms with Gasteiger partial charge in [0.25, 0.3) is 0 Å². The molecule has 0 unspecified atom stereocenters. The highest BCUT2D eigenvalue weighted by Crippen LogP contribution is 2.56. The van der Waals surface area contributed by atoms with Gasteiger partial charge < -0.3 is 4.42 Å². The first-order valence-electron chi connectivity index (χ1n) is 21.1. The summed E-state index contributed by atoms with van der Waals surface area (Å²) < 4.78 is 6.11. The third-order valence-corrected chi connectivity index (χ3v) is 12.6. The van der Waals surface area contributed by atoms with Crippen molar-refractivity contribution < 1.29 is 4.42 Å². The molecule has 0 fully saturated rings. The minimum absolute atomic E-state index is 0.450. The van der Waals surface area contributed by atoms with E-state index in [9.17, 15) is 0 Å². The Balaban J connectivity index is 0.982. The van der Waals surface area contributed by atoms with E-state index in [0.717, 1.165) is 72.3 Å². The van der Waals surface area contributed by atoms with Crippen LogP contribution < -0.4 is 0 Å². The minimum Gasteiger partial charge on any atom is -0.456 e. The summed E-state index contributed by atoms with van der Waals surface area (Å²) in [6, 6.07) is 82.3. The molecule has 3 nitrogen and oxygen atoms in total. The molecule has 0 amide bonds. The van der Waals surface area contributed by atoms with Crippen molar-refractivity contribution in [1.82, 2.24) is 9.97 Å². The molecule has 0 spiro atoms. The van der Waals surface area contributed by atoms with E-state index in [0.29, 0.717) is 5.82 Å². The van der Waals surface area contributed by atoms with Gasteiger partial charge in [-0.25, -0.2) is 9.97 Å². The van der Waals surface area contributed by atoms with Crippen LogP contribution in [0.1, 0.15) is 22.3 Å². The predicted octanol–water partition coefficient (Wildman–Crippen LogP) is 15.1. The van der Waals surface area contributed by atoms with E-state index in [1.165, 1.54) is 33.4 Å². The molecule has 0 bridgehead atoms. The summed E-state index contributed by atoms with van der Waals surface area (Å²) in [7, 11) is 0. The Bertz CT molecular complexity index is 3400. The Labute approximate surface area is 360 Å². The molecule has 290 valence electrons. The van der Waals surface area contributed by atoms with E-state index in [1.54, 1.807) is 0 Å². The SMILES string of the molecule is c1ccc(-c2nc(-c3ccc(-c4ccc5oc6ccccc6c5c4)cc3)cc(-c3ccccc3-c3ccc4c(c3)-c3ccccc3C4(c3ccccc3)c3ccccc3)n2)cc1. The van der Waals surface area contributed by atoms with Gasteiger partial charge in [-0.2, -0.15) is 0 Å². The van der Waals surface area contributed by atoms with Crippen molar-refractivity contribution in [2.45, 2.75) is 5.41 Å². The maximum absolute atomic E-state index is 6.11. The van der Waals surface area contributed by atoms with Crippen molar-refractivity contribution >= 4 is 21.9 Å². The second-order valence-electron chi connectivity index (χ2n) is 16.0. The summed E-state index contributed by atoms with van der Waals surface area (Å²) in [6.45, 7) is 0. The van der Waals surface area contributed by atoms with Crippen LogP contribution in [-0.2, 0) is 5.41 Å². The van der Waals surface area contributed by atoms with Gasteiger partial charge in [0.2, 0.25) is 0 Å². The fourth-order valence-electron chi connectivity index (χ4n) is 9.76. The molecule has 0 radical (unpaired) electrons. The zero-order valence-corrected chi connectivity index (χ0v) is 33.7. The van der Waals surface area contributed by atoms with Crippen LogP contribution in [0.5, 0.6) is 0 Å². The van der Waals surface area contributed by atoms with E-state index < -0.39 is 5.41 Å². The lowest BCUT2D eigenvalue weighted by Gasteiger charge is -2.33. The Morgan fingerprint density at radius 3 is 1.61 bits per heavy atom. The first-order valence-corrected chi connectivity index (χ1v) is 21.1. The van der Waals surface area contributed by atoms with Crippen LogP contribution in [0.25, 0.3) is 89.2 Å². The normalized spacial score (nSPS) is 12.6. The number of nitrogens with zero attached hydrogens (tertiary/aromatic N) is 2. The summed E-state index contributed by atoms with van der Waals surface area (Å²) in [6.07, 6.45) is 0. The Kier molecular flexibility index (Phi) is 8.39. The van der Waals surface area contributed by atoms with Crippen molar-refractivity contribution in [2.24, 2.45) is 0 Å². The minimum atomic E-state index is -0.450. The van der Waals surface area contributed by atoms with Gasteiger partial charge in [0, 0.05) is 27.5 Å². The van der Waals surface area contributed by atoms with E-state index >= 15 is 0 Å². The van der Waals surface area contributed by atoms with E-state index in [-0.39, 0.29) is 0 Å². The molecule has 11 aromatic rings. The highest BCUT2D eigenvalue weighted by molar-refractivity contribution is 6.06. The molecule has 2 aromatic heterocycles. The zero-order chi connectivity index (χ0) is 41.0. The average molecular weight is 791 g/mol. The van der Waals surface area contributed by atoms with Crippen LogP contribution in [0.2, 0.25) is 0 Å². The lowest BCUT2D eigenvalue weighted by atomic mass is 9.67. The Hall–Kier alpha value is -8.14. The number of aromatic nitrogens is 2. The highest BCUT2D eigenvalue weighted by atomic mass is 16.3. The fraction of sp³-hybridized carbons (Fsp3) is 0.0169. The number of furan rings is 1. The summed E-state index contributed by atoms with van der Waals surface area (Å²) in [5.41, 5.74) is 18.3. The molecule has 62 heavy (non-hydrogen) atoms. The number of benzene rings is 9. The molecule has 1 aliphatic rings. The lowest BCUT2D eigenvalue weighted by molar-refractivity contribution is 0.669. The monoisotopic (exact) mass is 790 g/mol. The summed E-state index contributed by atoms with van der Waals surface area (Å²) in [4.78, 5) is 10.5. The first kappa shape index (κ1) is 35.8. The lowest BCUT2D eigenvalue weighted by Crippen LogP contribution is -2.28. The van der Waals surface area contributed by atoms with Crippen LogP contribution in [0.4, 0.5) is 0 Å². The number of hydrogen-bond donors (Lipinski definition) is 0. The van der Waals surface area contributed by atoms with Gasteiger partial charge in [0.1, 0.15) is 11.2 Å². The highest BCUT2D eigenvalue weighted by Gasteiger charge is 2.46. The molecule has 0 atom stereocenters. The molecule has 0 saturated heterocycles. The van der Waals surface area contributed by atoms with Crippen LogP contribution in [0.3, 0.4) is 0 Å². The fourth-order valence-corrected chi connectivity index (χ4v) is 9.76. The zero-order valence-electron chi connectivity index (χ0n) is 33.7. The van der Waals surface area contributed by atoms with Gasteiger partial charge in [-0.05, 0) is 86.0 Å². The average Bonchev–Trinajstić information content (AvgIpc) is 3.88. The molecular formula is C59H38N2O. The topological polar surface area (TPSA) is 38.9 Å². The Morgan fingerprint density at radius 1 is 0.306 bits per heavy atom. The molecule has 2 heterocycles. The summed E-state index contributed by atoms with van der Waals surface area (Å²) in [5, 5.41) is 2.24. The maximum atomic E-state index is 6.11. The molecule has 0 saturated carbocycles. The third-order valence-electron chi connectivity index (χ3n) is 12.6. The van der Waals surface area contributed by atoms with Gasteiger partial charge in [-0.3, -0.25) is 0 Å². The quantitative estimate of drug-likeness (QED) is 0.161. The molecule has 9 aromatic carbocycles. The van der Waals surface area contributed by atoms with Gasteiger partial charge in [0.05, 0.1) is 16.8 Å². The summed E-state index contributed by atoms with van der Waals surface area (Å²) >= 11 is 0. The Morgan fingerprint density at radius 2 is 0.855 bits per heavy atom. The molecule has 0 aliphatic heterocycles. The number of fused-ring (bicyclic) bond motifs is 6. The molecule has 0 N–H and O–H groups in total. The number of hydrogen-bond acceptors (Lipinski definition) is 3. The van der Waals surface area contributed by atoms with Gasteiger partial charge >= 0.3 is 0 Å². The van der Waals surface area contributed by atoms with Crippen molar-refractivity contribution in [3.05, 3.63) is 253 Å². The number of para-hydroxylation sites is 1. The first-order chi connectivity index (χ1) is 30.7. The molecule has 12 rings (SSSR count). The summed E-state index contributed by atoms with van der Waals surface area (Å²) in [5.74, 6) is 0.688. The molecular weight excluding hydrogens is 753 g/mol. The number of rotatable bonds is 7. The van der Waals surface area contributed by atoms with Crippen molar-refractivity contribution in [2.75, 3.05) is 0 Å². The maximum Gasteiger partial charge on any atom is 0.160 e. The van der Waals surface area contributed by atoms with Crippen molar-refractivity contribution in [3.8, 4) is 67.3 Å².